The van der Waals surface area contributed by atoms with Gasteiger partial charge < -0.3 is 0 Å². The number of carbonyl (C=O) groups is 1. The van der Waals surface area contributed by atoms with E-state index in [1.54, 1.807) is 0 Å². The molecule has 0 saturated carbocycles. The first-order chi connectivity index (χ1) is 4.16. The van der Waals surface area contributed by atoms with Gasteiger partial charge in [-0.2, -0.15) is 0 Å². The largest absolute Gasteiger partial charge is 0.295 e. The third-order valence-corrected chi connectivity index (χ3v) is 1.11. The topological polar surface area (TPSA) is 17.1 Å². The number of hydrogen-bond acceptors (Lipinski definition) is 1. The van der Waals surface area contributed by atoms with Crippen molar-refractivity contribution >= 4 is 5.78 Å². The molecule has 0 saturated heterocycles. The molecule has 51 valence electrons. The minimum Gasteiger partial charge on any atom is -0.295 e. The van der Waals surface area contributed by atoms with Crippen molar-refractivity contribution in [1.29, 1.82) is 0 Å². The summed E-state index contributed by atoms with van der Waals surface area (Å²) in [6.45, 7) is 9.12. The molecule has 0 aliphatic heterocycles. The van der Waals surface area contributed by atoms with Crippen molar-refractivity contribution in [2.45, 2.75) is 19.8 Å². The smallest absolute Gasteiger partial charge is 0.155 e. The van der Waals surface area contributed by atoms with Crippen molar-refractivity contribution in [3.05, 3.63) is 19.6 Å². The van der Waals surface area contributed by atoms with Gasteiger partial charge in [0.05, 0.1) is 0 Å². The molecule has 0 amide bonds. The molecule has 0 aliphatic rings. The molecular weight excluding hydrogens is 112 g/mol. The molecule has 0 aromatic rings. The summed E-state index contributed by atoms with van der Waals surface area (Å²) in [5.74, 6) is 0.486. The van der Waals surface area contributed by atoms with Gasteiger partial charge in [0.25, 0.3) is 0 Å². The molecule has 0 bridgehead atoms. The van der Waals surface area contributed by atoms with Crippen molar-refractivity contribution in [1.82, 2.24) is 0 Å². The molecule has 0 aromatic heterocycles. The molecule has 0 fully saturated rings. The van der Waals surface area contributed by atoms with Gasteiger partial charge in [-0.3, -0.25) is 4.79 Å². The van der Waals surface area contributed by atoms with Crippen LogP contribution in [0.4, 0.5) is 0 Å². The average molecular weight is 125 g/mol. The number of carbonyl (C=O) groups excluding carboxylic acids is 1. The zero-order valence-corrected chi connectivity index (χ0v) is 5.89. The van der Waals surface area contributed by atoms with Crippen LogP contribution in [0, 0.1) is 12.8 Å². The summed E-state index contributed by atoms with van der Waals surface area (Å²) >= 11 is 0. The molecule has 1 atom stereocenters. The zero-order chi connectivity index (χ0) is 7.28. The fourth-order valence-electron chi connectivity index (χ4n) is 0.491. The fourth-order valence-corrected chi connectivity index (χ4v) is 0.491. The molecule has 0 aliphatic carbocycles. The number of rotatable bonds is 4. The standard InChI is InChI=1S/C8H13O/c1-4-8(9)6-5-7(2)3/h4,7H,1-2,5-6H2,3H3. The molecule has 1 radical (unpaired) electrons. The van der Waals surface area contributed by atoms with Gasteiger partial charge in [-0.25, -0.2) is 0 Å². The van der Waals surface area contributed by atoms with E-state index in [9.17, 15) is 4.79 Å². The second-order valence-electron chi connectivity index (χ2n) is 2.31. The Morgan fingerprint density at radius 1 is 1.78 bits per heavy atom. The van der Waals surface area contributed by atoms with Gasteiger partial charge in [-0.1, -0.05) is 20.4 Å². The van der Waals surface area contributed by atoms with E-state index < -0.39 is 0 Å². The second kappa shape index (κ2) is 4.30. The Balaban J connectivity index is 3.27. The molecular formula is C8H13O. The minimum atomic E-state index is 0.116. The Morgan fingerprint density at radius 3 is 2.67 bits per heavy atom. The van der Waals surface area contributed by atoms with Crippen LogP contribution in [-0.2, 0) is 4.79 Å². The molecule has 0 heterocycles. The van der Waals surface area contributed by atoms with E-state index in [1.165, 1.54) is 6.08 Å². The van der Waals surface area contributed by atoms with Crippen LogP contribution in [0.25, 0.3) is 0 Å². The van der Waals surface area contributed by atoms with Crippen molar-refractivity contribution in [3.63, 3.8) is 0 Å². The molecule has 0 spiro atoms. The van der Waals surface area contributed by atoms with E-state index in [1.807, 2.05) is 6.92 Å². The highest BCUT2D eigenvalue weighted by molar-refractivity contribution is 5.88. The lowest BCUT2D eigenvalue weighted by atomic mass is 10.1. The summed E-state index contributed by atoms with van der Waals surface area (Å²) in [5.41, 5.74) is 0. The van der Waals surface area contributed by atoms with Crippen molar-refractivity contribution in [3.8, 4) is 0 Å². The monoisotopic (exact) mass is 125 g/mol. The first-order valence-electron chi connectivity index (χ1n) is 3.15. The molecule has 1 heteroatoms. The maximum absolute atomic E-state index is 10.6. The van der Waals surface area contributed by atoms with E-state index in [-0.39, 0.29) is 5.78 Å². The second-order valence-corrected chi connectivity index (χ2v) is 2.31. The van der Waals surface area contributed by atoms with Crippen LogP contribution < -0.4 is 0 Å². The summed E-state index contributed by atoms with van der Waals surface area (Å²) in [7, 11) is 0. The van der Waals surface area contributed by atoms with Gasteiger partial charge in [0.1, 0.15) is 0 Å². The van der Waals surface area contributed by atoms with E-state index in [2.05, 4.69) is 13.5 Å². The van der Waals surface area contributed by atoms with Crippen molar-refractivity contribution in [2.24, 2.45) is 5.92 Å². The SMILES string of the molecule is [CH2]C(C)CCC(=O)C=C. The lowest BCUT2D eigenvalue weighted by Crippen LogP contribution is -1.95. The maximum atomic E-state index is 10.6. The van der Waals surface area contributed by atoms with E-state index in [0.29, 0.717) is 12.3 Å². The highest BCUT2D eigenvalue weighted by atomic mass is 16.1. The van der Waals surface area contributed by atoms with Crippen molar-refractivity contribution < 1.29 is 4.79 Å². The Kier molecular flexibility index (Phi) is 4.02. The first kappa shape index (κ1) is 8.41. The van der Waals surface area contributed by atoms with Crippen molar-refractivity contribution in [2.75, 3.05) is 0 Å². The molecule has 1 unspecified atom stereocenters. The van der Waals surface area contributed by atoms with E-state index in [0.717, 1.165) is 6.42 Å². The molecule has 0 aromatic carbocycles. The highest BCUT2D eigenvalue weighted by Crippen LogP contribution is 2.02. The van der Waals surface area contributed by atoms with Gasteiger partial charge in [0, 0.05) is 6.42 Å². The summed E-state index contributed by atoms with van der Waals surface area (Å²) in [6.07, 6.45) is 2.82. The maximum Gasteiger partial charge on any atom is 0.155 e. The van der Waals surface area contributed by atoms with Gasteiger partial charge in [0.15, 0.2) is 5.78 Å². The van der Waals surface area contributed by atoms with E-state index >= 15 is 0 Å². The molecule has 9 heavy (non-hydrogen) atoms. The molecule has 0 rings (SSSR count). The first-order valence-corrected chi connectivity index (χ1v) is 3.15. The Labute approximate surface area is 56.8 Å². The normalized spacial score (nSPS) is 9.67. The average Bonchev–Trinajstić information content (AvgIpc) is 1.83. The van der Waals surface area contributed by atoms with Crippen LogP contribution in [0.1, 0.15) is 19.8 Å². The lowest BCUT2D eigenvalue weighted by molar-refractivity contribution is -0.114. The van der Waals surface area contributed by atoms with Crippen LogP contribution in [0.5, 0.6) is 0 Å². The number of allylic oxidation sites excluding steroid dienone is 1. The van der Waals surface area contributed by atoms with Gasteiger partial charge in [-0.15, -0.1) is 0 Å². The van der Waals surface area contributed by atoms with Crippen LogP contribution in [0.2, 0.25) is 0 Å². The van der Waals surface area contributed by atoms with Gasteiger partial charge in [0.2, 0.25) is 0 Å². The lowest BCUT2D eigenvalue weighted by Gasteiger charge is -1.98. The third-order valence-electron chi connectivity index (χ3n) is 1.11. The van der Waals surface area contributed by atoms with Crippen LogP contribution >= 0.6 is 0 Å². The summed E-state index contributed by atoms with van der Waals surface area (Å²) in [5, 5.41) is 0. The third kappa shape index (κ3) is 5.28. The molecule has 1 nitrogen and oxygen atoms in total. The predicted molar refractivity (Wildman–Crippen MR) is 39.0 cm³/mol. The van der Waals surface area contributed by atoms with Gasteiger partial charge >= 0.3 is 0 Å². The van der Waals surface area contributed by atoms with Crippen LogP contribution in [-0.4, -0.2) is 5.78 Å². The quantitative estimate of drug-likeness (QED) is 0.525. The van der Waals surface area contributed by atoms with Crippen LogP contribution in [0.3, 0.4) is 0 Å². The van der Waals surface area contributed by atoms with E-state index in [4.69, 9.17) is 0 Å². The Hall–Kier alpha value is -0.590. The van der Waals surface area contributed by atoms with Crippen LogP contribution in [0.15, 0.2) is 12.7 Å². The summed E-state index contributed by atoms with van der Waals surface area (Å²) in [6, 6.07) is 0. The summed E-state index contributed by atoms with van der Waals surface area (Å²) in [4.78, 5) is 10.6. The highest BCUT2D eigenvalue weighted by Gasteiger charge is 1.97. The predicted octanol–water partition coefficient (Wildman–Crippen LogP) is 1.99. The minimum absolute atomic E-state index is 0.116. The Bertz CT molecular complexity index is 103. The zero-order valence-electron chi connectivity index (χ0n) is 5.89. The number of hydrogen-bond donors (Lipinski definition) is 0. The summed E-state index contributed by atoms with van der Waals surface area (Å²) < 4.78 is 0. The molecule has 0 N–H and O–H groups in total. The fraction of sp³-hybridized carbons (Fsp3) is 0.500. The Morgan fingerprint density at radius 2 is 2.33 bits per heavy atom. The van der Waals surface area contributed by atoms with Gasteiger partial charge in [-0.05, 0) is 18.4 Å². The number of ketones is 1.